The van der Waals surface area contributed by atoms with Gasteiger partial charge in [0.1, 0.15) is 0 Å². The van der Waals surface area contributed by atoms with E-state index in [0.717, 1.165) is 18.4 Å². The van der Waals surface area contributed by atoms with Crippen LogP contribution < -0.4 is 5.73 Å². The fourth-order valence-electron chi connectivity index (χ4n) is 2.35. The van der Waals surface area contributed by atoms with E-state index >= 15 is 0 Å². The molecule has 3 N–H and O–H groups in total. The molecule has 0 aromatic heterocycles. The molecular weight excluding hydrogens is 264 g/mol. The van der Waals surface area contributed by atoms with Crippen LogP contribution in [0.5, 0.6) is 0 Å². The summed E-state index contributed by atoms with van der Waals surface area (Å²) in [5.74, 6) is 0.0402. The van der Waals surface area contributed by atoms with E-state index < -0.39 is 10.0 Å². The van der Waals surface area contributed by atoms with Crippen LogP contribution in [0.4, 0.5) is 5.69 Å². The number of hydrogen-bond donors (Lipinski definition) is 2. The summed E-state index contributed by atoms with van der Waals surface area (Å²) in [6, 6.07) is 4.77. The Labute approximate surface area is 114 Å². The number of hydrogen-bond acceptors (Lipinski definition) is 4. The van der Waals surface area contributed by atoms with E-state index in [1.165, 1.54) is 4.31 Å². The molecule has 0 radical (unpaired) electrons. The number of aliphatic hydroxyl groups is 1. The zero-order valence-electron chi connectivity index (χ0n) is 11.0. The van der Waals surface area contributed by atoms with E-state index in [1.54, 1.807) is 25.1 Å². The van der Waals surface area contributed by atoms with E-state index in [4.69, 9.17) is 5.73 Å². The molecule has 0 bridgehead atoms. The number of piperidine rings is 1. The summed E-state index contributed by atoms with van der Waals surface area (Å²) in [7, 11) is -3.48. The molecule has 0 saturated carbocycles. The normalized spacial score (nSPS) is 21.5. The molecule has 106 valence electrons. The van der Waals surface area contributed by atoms with Crippen molar-refractivity contribution in [2.24, 2.45) is 5.92 Å². The standard InChI is InChI=1S/C13H20N2O3S/c1-10-7-12(4-5-13(10)14)19(17,18)15-6-2-3-11(8-15)9-16/h4-5,7,11,16H,2-3,6,8-9,14H2,1H3. The highest BCUT2D eigenvalue weighted by atomic mass is 32.2. The lowest BCUT2D eigenvalue weighted by molar-refractivity contribution is 0.165. The molecule has 2 rings (SSSR count). The van der Waals surface area contributed by atoms with Crippen LogP contribution in [0.25, 0.3) is 0 Å². The summed E-state index contributed by atoms with van der Waals surface area (Å²) in [5.41, 5.74) is 7.06. The SMILES string of the molecule is Cc1cc(S(=O)(=O)N2CCCC(CO)C2)ccc1N. The minimum Gasteiger partial charge on any atom is -0.399 e. The number of benzene rings is 1. The van der Waals surface area contributed by atoms with Crippen molar-refractivity contribution in [1.29, 1.82) is 0 Å². The number of sulfonamides is 1. The second kappa shape index (κ2) is 5.48. The van der Waals surface area contributed by atoms with Crippen LogP contribution in [0.15, 0.2) is 23.1 Å². The Morgan fingerprint density at radius 1 is 1.47 bits per heavy atom. The monoisotopic (exact) mass is 284 g/mol. The predicted octanol–water partition coefficient (Wildman–Crippen LogP) is 0.970. The highest BCUT2D eigenvalue weighted by Crippen LogP contribution is 2.25. The lowest BCUT2D eigenvalue weighted by atomic mass is 10.0. The van der Waals surface area contributed by atoms with Crippen molar-refractivity contribution in [2.45, 2.75) is 24.7 Å². The highest BCUT2D eigenvalue weighted by molar-refractivity contribution is 7.89. The van der Waals surface area contributed by atoms with Gasteiger partial charge in [-0.1, -0.05) is 0 Å². The maximum Gasteiger partial charge on any atom is 0.243 e. The topological polar surface area (TPSA) is 83.6 Å². The maximum atomic E-state index is 12.5. The highest BCUT2D eigenvalue weighted by Gasteiger charge is 2.30. The number of nitrogen functional groups attached to an aromatic ring is 1. The summed E-state index contributed by atoms with van der Waals surface area (Å²) in [5, 5.41) is 9.19. The van der Waals surface area contributed by atoms with Gasteiger partial charge in [0.25, 0.3) is 0 Å². The van der Waals surface area contributed by atoms with Gasteiger partial charge in [-0.15, -0.1) is 0 Å². The Morgan fingerprint density at radius 2 is 2.21 bits per heavy atom. The molecular formula is C13H20N2O3S. The molecule has 1 atom stereocenters. The van der Waals surface area contributed by atoms with Gasteiger partial charge in [-0.3, -0.25) is 0 Å². The third kappa shape index (κ3) is 2.91. The molecule has 1 aliphatic heterocycles. The van der Waals surface area contributed by atoms with Crippen LogP contribution in [-0.2, 0) is 10.0 Å². The first-order valence-corrected chi connectivity index (χ1v) is 7.86. The molecule has 1 aliphatic rings. The summed E-state index contributed by atoms with van der Waals surface area (Å²) in [6.45, 7) is 2.73. The van der Waals surface area contributed by atoms with Gasteiger partial charge < -0.3 is 10.8 Å². The Balaban J connectivity index is 2.28. The Hall–Kier alpha value is -1.11. The van der Waals surface area contributed by atoms with E-state index in [-0.39, 0.29) is 17.4 Å². The average Bonchev–Trinajstić information content (AvgIpc) is 2.41. The Morgan fingerprint density at radius 3 is 2.84 bits per heavy atom. The molecule has 1 aromatic carbocycles. The fraction of sp³-hybridized carbons (Fsp3) is 0.538. The molecule has 6 heteroatoms. The molecule has 0 amide bonds. The molecule has 1 unspecified atom stereocenters. The molecule has 0 spiro atoms. The van der Waals surface area contributed by atoms with Crippen molar-refractivity contribution in [3.8, 4) is 0 Å². The van der Waals surface area contributed by atoms with Crippen LogP contribution in [0.2, 0.25) is 0 Å². The largest absolute Gasteiger partial charge is 0.399 e. The Bertz CT molecular complexity index is 557. The van der Waals surface area contributed by atoms with Crippen LogP contribution in [0.1, 0.15) is 18.4 Å². The Kier molecular flexibility index (Phi) is 4.13. The second-order valence-corrected chi connectivity index (χ2v) is 7.01. The van der Waals surface area contributed by atoms with Gasteiger partial charge in [-0.25, -0.2) is 8.42 Å². The van der Waals surface area contributed by atoms with Gasteiger partial charge >= 0.3 is 0 Å². The van der Waals surface area contributed by atoms with E-state index in [1.807, 2.05) is 0 Å². The van der Waals surface area contributed by atoms with Gasteiger partial charge in [-0.05, 0) is 49.4 Å². The third-order valence-electron chi connectivity index (χ3n) is 3.62. The van der Waals surface area contributed by atoms with Crippen molar-refractivity contribution in [1.82, 2.24) is 4.31 Å². The number of nitrogens with two attached hydrogens (primary N) is 1. The van der Waals surface area contributed by atoms with Crippen LogP contribution in [0, 0.1) is 12.8 Å². The minimum absolute atomic E-state index is 0.0345. The number of aryl methyl sites for hydroxylation is 1. The van der Waals surface area contributed by atoms with Crippen LogP contribution in [-0.4, -0.2) is 37.5 Å². The molecule has 0 aliphatic carbocycles. The first-order chi connectivity index (χ1) is 8.95. The van der Waals surface area contributed by atoms with Crippen molar-refractivity contribution in [3.05, 3.63) is 23.8 Å². The second-order valence-electron chi connectivity index (χ2n) is 5.07. The minimum atomic E-state index is -3.48. The summed E-state index contributed by atoms with van der Waals surface area (Å²) in [4.78, 5) is 0.276. The van der Waals surface area contributed by atoms with E-state index in [9.17, 15) is 13.5 Å². The van der Waals surface area contributed by atoms with Crippen molar-refractivity contribution in [2.75, 3.05) is 25.4 Å². The van der Waals surface area contributed by atoms with Crippen molar-refractivity contribution < 1.29 is 13.5 Å². The fourth-order valence-corrected chi connectivity index (χ4v) is 3.99. The van der Waals surface area contributed by atoms with Crippen molar-refractivity contribution in [3.63, 3.8) is 0 Å². The number of aliphatic hydroxyl groups excluding tert-OH is 1. The summed E-state index contributed by atoms with van der Waals surface area (Å²) < 4.78 is 26.5. The smallest absolute Gasteiger partial charge is 0.243 e. The van der Waals surface area contributed by atoms with Gasteiger partial charge in [0.15, 0.2) is 0 Å². The lowest BCUT2D eigenvalue weighted by Crippen LogP contribution is -2.40. The molecule has 1 heterocycles. The maximum absolute atomic E-state index is 12.5. The van der Waals surface area contributed by atoms with Crippen LogP contribution in [0.3, 0.4) is 0 Å². The molecule has 1 fully saturated rings. The van der Waals surface area contributed by atoms with Gasteiger partial charge in [0, 0.05) is 25.4 Å². The third-order valence-corrected chi connectivity index (χ3v) is 5.48. The zero-order chi connectivity index (χ0) is 14.0. The number of rotatable bonds is 3. The van der Waals surface area contributed by atoms with Crippen molar-refractivity contribution >= 4 is 15.7 Å². The predicted molar refractivity (Wildman–Crippen MR) is 74.2 cm³/mol. The van der Waals surface area contributed by atoms with Gasteiger partial charge in [0.2, 0.25) is 10.0 Å². The first kappa shape index (κ1) is 14.3. The number of anilines is 1. The van der Waals surface area contributed by atoms with E-state index in [2.05, 4.69) is 0 Å². The average molecular weight is 284 g/mol. The zero-order valence-corrected chi connectivity index (χ0v) is 11.9. The summed E-state index contributed by atoms with van der Waals surface area (Å²) in [6.07, 6.45) is 1.67. The van der Waals surface area contributed by atoms with Gasteiger partial charge in [0.05, 0.1) is 4.90 Å². The molecule has 1 saturated heterocycles. The molecule has 5 nitrogen and oxygen atoms in total. The van der Waals surface area contributed by atoms with E-state index in [0.29, 0.717) is 18.8 Å². The quantitative estimate of drug-likeness (QED) is 0.810. The van der Waals surface area contributed by atoms with Crippen LogP contribution >= 0.6 is 0 Å². The van der Waals surface area contributed by atoms with Gasteiger partial charge in [-0.2, -0.15) is 4.31 Å². The number of nitrogens with zero attached hydrogens (tertiary/aromatic N) is 1. The molecule has 1 aromatic rings. The molecule has 19 heavy (non-hydrogen) atoms. The summed E-state index contributed by atoms with van der Waals surface area (Å²) >= 11 is 0. The lowest BCUT2D eigenvalue weighted by Gasteiger charge is -2.31. The first-order valence-electron chi connectivity index (χ1n) is 6.42.